The largest absolute Gasteiger partial charge is 0.497 e. The first-order valence-corrected chi connectivity index (χ1v) is 12.2. The van der Waals surface area contributed by atoms with Crippen molar-refractivity contribution < 1.29 is 22.6 Å². The van der Waals surface area contributed by atoms with E-state index in [2.05, 4.69) is 4.98 Å². The number of ether oxygens (including phenoxy) is 3. The van der Waals surface area contributed by atoms with Gasteiger partial charge in [-0.05, 0) is 48.9 Å². The molecule has 2 atom stereocenters. The Kier molecular flexibility index (Phi) is 5.55. The SMILES string of the molecule is CCO[C@@H]1C[C@@H](c2ccc(OC)cc2)c2c(c3cccnc3n2S(=O)(=O)c2ccccc2)O1. The molecule has 0 fully saturated rings. The van der Waals surface area contributed by atoms with Gasteiger partial charge in [0.05, 0.1) is 23.1 Å². The van der Waals surface area contributed by atoms with Crippen molar-refractivity contribution in [2.24, 2.45) is 0 Å². The van der Waals surface area contributed by atoms with Crippen molar-refractivity contribution in [2.75, 3.05) is 13.7 Å². The smallest absolute Gasteiger partial charge is 0.269 e. The first kappa shape index (κ1) is 21.5. The zero-order valence-corrected chi connectivity index (χ0v) is 19.2. The molecule has 0 saturated carbocycles. The number of rotatable bonds is 6. The van der Waals surface area contributed by atoms with Gasteiger partial charge in [0.2, 0.25) is 6.29 Å². The highest BCUT2D eigenvalue weighted by Gasteiger charge is 2.39. The predicted molar refractivity (Wildman–Crippen MR) is 124 cm³/mol. The van der Waals surface area contributed by atoms with Crippen molar-refractivity contribution in [3.05, 3.63) is 84.2 Å². The van der Waals surface area contributed by atoms with E-state index in [0.29, 0.717) is 35.5 Å². The van der Waals surface area contributed by atoms with Crippen molar-refractivity contribution in [1.29, 1.82) is 0 Å². The fourth-order valence-corrected chi connectivity index (χ4v) is 5.90. The van der Waals surface area contributed by atoms with Crippen LogP contribution in [0.2, 0.25) is 0 Å². The van der Waals surface area contributed by atoms with Crippen LogP contribution in [0.1, 0.15) is 30.5 Å². The van der Waals surface area contributed by atoms with Gasteiger partial charge in [-0.2, -0.15) is 0 Å². The molecule has 1 aliphatic rings. The van der Waals surface area contributed by atoms with Crippen molar-refractivity contribution in [3.8, 4) is 11.5 Å². The minimum Gasteiger partial charge on any atom is -0.497 e. The number of hydrogen-bond donors (Lipinski definition) is 0. The first-order valence-electron chi connectivity index (χ1n) is 10.8. The van der Waals surface area contributed by atoms with Crippen LogP contribution < -0.4 is 9.47 Å². The van der Waals surface area contributed by atoms with Gasteiger partial charge < -0.3 is 14.2 Å². The molecule has 8 heteroatoms. The number of methoxy groups -OCH3 is 1. The highest BCUT2D eigenvalue weighted by Crippen LogP contribution is 2.47. The Morgan fingerprint density at radius 1 is 1.06 bits per heavy atom. The van der Waals surface area contributed by atoms with Crippen LogP contribution in [0.3, 0.4) is 0 Å². The summed E-state index contributed by atoms with van der Waals surface area (Å²) in [5.41, 5.74) is 1.83. The van der Waals surface area contributed by atoms with E-state index in [9.17, 15) is 8.42 Å². The lowest BCUT2D eigenvalue weighted by atomic mass is 9.90. The molecule has 0 unspecified atom stereocenters. The monoisotopic (exact) mass is 464 g/mol. The Hall–Kier alpha value is -3.36. The molecule has 33 heavy (non-hydrogen) atoms. The van der Waals surface area contributed by atoms with Gasteiger partial charge >= 0.3 is 0 Å². The highest BCUT2D eigenvalue weighted by atomic mass is 32.2. The summed E-state index contributed by atoms with van der Waals surface area (Å²) < 4.78 is 46.5. The maximum Gasteiger partial charge on any atom is 0.269 e. The fraction of sp³-hybridized carbons (Fsp3) is 0.240. The van der Waals surface area contributed by atoms with Gasteiger partial charge in [0.25, 0.3) is 10.0 Å². The summed E-state index contributed by atoms with van der Waals surface area (Å²) in [6.45, 7) is 2.39. The Balaban J connectivity index is 1.79. The second kappa shape index (κ2) is 8.53. The van der Waals surface area contributed by atoms with Crippen molar-refractivity contribution in [1.82, 2.24) is 8.96 Å². The van der Waals surface area contributed by atoms with Crippen molar-refractivity contribution >= 4 is 21.1 Å². The number of pyridine rings is 1. The van der Waals surface area contributed by atoms with Crippen molar-refractivity contribution in [2.45, 2.75) is 30.4 Å². The molecule has 4 aromatic rings. The number of aromatic nitrogens is 2. The molecular formula is C25H24N2O5S. The minimum absolute atomic E-state index is 0.191. The molecule has 0 amide bonds. The molecule has 0 aliphatic carbocycles. The number of nitrogens with zero attached hydrogens (tertiary/aromatic N) is 2. The molecule has 2 aromatic carbocycles. The maximum absolute atomic E-state index is 13.9. The molecular weight excluding hydrogens is 440 g/mol. The van der Waals surface area contributed by atoms with E-state index in [4.69, 9.17) is 14.2 Å². The molecule has 0 saturated heterocycles. The lowest BCUT2D eigenvalue weighted by Gasteiger charge is -2.31. The molecule has 3 heterocycles. The topological polar surface area (TPSA) is 79.7 Å². The quantitative estimate of drug-likeness (QED) is 0.416. The molecule has 1 aliphatic heterocycles. The van der Waals surface area contributed by atoms with Gasteiger partial charge in [-0.25, -0.2) is 17.4 Å². The molecule has 0 radical (unpaired) electrons. The second-order valence-corrected chi connectivity index (χ2v) is 9.52. The van der Waals surface area contributed by atoms with Gasteiger partial charge in [-0.15, -0.1) is 0 Å². The van der Waals surface area contributed by atoms with Gasteiger partial charge in [0, 0.05) is 25.1 Å². The Morgan fingerprint density at radius 2 is 1.82 bits per heavy atom. The molecule has 2 aromatic heterocycles. The zero-order valence-electron chi connectivity index (χ0n) is 18.3. The number of benzene rings is 2. The fourth-order valence-electron chi connectivity index (χ4n) is 4.35. The summed E-state index contributed by atoms with van der Waals surface area (Å²) in [7, 11) is -2.32. The van der Waals surface area contributed by atoms with E-state index >= 15 is 0 Å². The summed E-state index contributed by atoms with van der Waals surface area (Å²) in [5.74, 6) is 0.929. The Morgan fingerprint density at radius 3 is 2.52 bits per heavy atom. The molecule has 5 rings (SSSR count). The van der Waals surface area contributed by atoms with Crippen LogP contribution in [0, 0.1) is 0 Å². The van der Waals surface area contributed by atoms with Crippen LogP contribution in [-0.4, -0.2) is 37.4 Å². The van der Waals surface area contributed by atoms with E-state index in [1.807, 2.05) is 37.3 Å². The lowest BCUT2D eigenvalue weighted by Crippen LogP contribution is -2.31. The van der Waals surface area contributed by atoms with Gasteiger partial charge in [0.1, 0.15) is 5.75 Å². The summed E-state index contributed by atoms with van der Waals surface area (Å²) in [6.07, 6.45) is 1.55. The van der Waals surface area contributed by atoms with E-state index in [1.165, 1.54) is 3.97 Å². The van der Waals surface area contributed by atoms with Crippen LogP contribution in [0.25, 0.3) is 11.0 Å². The van der Waals surface area contributed by atoms with E-state index in [0.717, 1.165) is 11.3 Å². The van der Waals surface area contributed by atoms with Crippen LogP contribution in [0.5, 0.6) is 11.5 Å². The molecule has 0 spiro atoms. The van der Waals surface area contributed by atoms with E-state index in [-0.39, 0.29) is 10.8 Å². The molecule has 7 nitrogen and oxygen atoms in total. The normalized spacial score (nSPS) is 18.0. The van der Waals surface area contributed by atoms with Crippen LogP contribution in [-0.2, 0) is 14.8 Å². The minimum atomic E-state index is -3.94. The highest BCUT2D eigenvalue weighted by molar-refractivity contribution is 7.90. The van der Waals surface area contributed by atoms with E-state index < -0.39 is 16.3 Å². The van der Waals surface area contributed by atoms with Crippen LogP contribution in [0.4, 0.5) is 0 Å². The predicted octanol–water partition coefficient (Wildman–Crippen LogP) is 4.56. The van der Waals surface area contributed by atoms with Gasteiger partial charge in [0.15, 0.2) is 11.4 Å². The van der Waals surface area contributed by atoms with Gasteiger partial charge in [-0.3, -0.25) is 0 Å². The average molecular weight is 465 g/mol. The van der Waals surface area contributed by atoms with Gasteiger partial charge in [-0.1, -0.05) is 30.3 Å². The third-order valence-corrected chi connectivity index (χ3v) is 7.55. The summed E-state index contributed by atoms with van der Waals surface area (Å²) >= 11 is 0. The second-order valence-electron chi connectivity index (χ2n) is 7.74. The third-order valence-electron chi connectivity index (χ3n) is 5.83. The van der Waals surface area contributed by atoms with Crippen LogP contribution >= 0.6 is 0 Å². The lowest BCUT2D eigenvalue weighted by molar-refractivity contribution is -0.0889. The average Bonchev–Trinajstić information content (AvgIpc) is 3.19. The Bertz CT molecular complexity index is 1380. The summed E-state index contributed by atoms with van der Waals surface area (Å²) in [4.78, 5) is 4.64. The molecule has 170 valence electrons. The molecule has 0 N–H and O–H groups in total. The molecule has 0 bridgehead atoms. The third kappa shape index (κ3) is 3.65. The zero-order chi connectivity index (χ0) is 23.0. The maximum atomic E-state index is 13.9. The summed E-state index contributed by atoms with van der Waals surface area (Å²) in [6, 6.07) is 19.6. The number of fused-ring (bicyclic) bond motifs is 3. The first-order chi connectivity index (χ1) is 16.0. The number of hydrogen-bond acceptors (Lipinski definition) is 6. The van der Waals surface area contributed by atoms with Crippen molar-refractivity contribution in [3.63, 3.8) is 0 Å². The summed E-state index contributed by atoms with van der Waals surface area (Å²) in [5, 5.41) is 0.634. The van der Waals surface area contributed by atoms with Crippen LogP contribution in [0.15, 0.2) is 77.8 Å². The van der Waals surface area contributed by atoms with E-state index in [1.54, 1.807) is 49.7 Å². The Labute approximate surface area is 192 Å². The standard InChI is InChI=1S/C25H24N2O5S/c1-3-31-22-16-21(17-11-13-18(30-2)14-12-17)23-24(32-22)20-10-7-15-26-25(20)27(23)33(28,29)19-8-5-4-6-9-19/h4-15,21-22H,3,16H2,1-2H3/t21-,22-/m0/s1.